The maximum atomic E-state index is 12.9. The minimum atomic E-state index is -0.0372. The Kier molecular flexibility index (Phi) is 8.33. The van der Waals surface area contributed by atoms with Gasteiger partial charge in [0.15, 0.2) is 22.5 Å². The van der Waals surface area contributed by atoms with Crippen molar-refractivity contribution in [3.05, 3.63) is 47.5 Å². The van der Waals surface area contributed by atoms with Crippen molar-refractivity contribution in [2.75, 3.05) is 25.3 Å². The van der Waals surface area contributed by atoms with Crippen LogP contribution < -0.4 is 14.8 Å². The van der Waals surface area contributed by atoms with E-state index in [0.29, 0.717) is 17.5 Å². The molecule has 7 nitrogen and oxygen atoms in total. The quantitative estimate of drug-likeness (QED) is 0.364. The molecule has 0 unspecified atom stereocenters. The molecular formula is C27H34N4O3S. The first-order valence-corrected chi connectivity index (χ1v) is 13.2. The van der Waals surface area contributed by atoms with Crippen LogP contribution >= 0.6 is 11.8 Å². The number of amides is 1. The smallest absolute Gasteiger partial charge is 0.234 e. The van der Waals surface area contributed by atoms with Gasteiger partial charge in [-0.2, -0.15) is 0 Å². The van der Waals surface area contributed by atoms with Gasteiger partial charge in [0.1, 0.15) is 0 Å². The molecule has 0 bridgehead atoms. The van der Waals surface area contributed by atoms with Gasteiger partial charge in [0, 0.05) is 17.3 Å². The molecule has 8 heteroatoms. The van der Waals surface area contributed by atoms with Crippen LogP contribution in [-0.2, 0) is 11.2 Å². The van der Waals surface area contributed by atoms with E-state index in [2.05, 4.69) is 33.1 Å². The largest absolute Gasteiger partial charge is 0.493 e. The molecule has 0 radical (unpaired) electrons. The van der Waals surface area contributed by atoms with Gasteiger partial charge in [0.2, 0.25) is 5.91 Å². The topological polar surface area (TPSA) is 78.3 Å². The summed E-state index contributed by atoms with van der Waals surface area (Å²) in [5, 5.41) is 13.0. The highest BCUT2D eigenvalue weighted by atomic mass is 32.2. The number of hydrogen-bond acceptors (Lipinski definition) is 6. The number of methoxy groups -OCH3 is 2. The highest BCUT2D eigenvalue weighted by molar-refractivity contribution is 7.99. The first-order chi connectivity index (χ1) is 17.0. The molecule has 1 aliphatic carbocycles. The van der Waals surface area contributed by atoms with Crippen LogP contribution in [0.4, 0.5) is 5.69 Å². The van der Waals surface area contributed by atoms with E-state index in [1.54, 1.807) is 14.2 Å². The minimum Gasteiger partial charge on any atom is -0.493 e. The van der Waals surface area contributed by atoms with E-state index in [4.69, 9.17) is 9.47 Å². The maximum absolute atomic E-state index is 12.9. The Morgan fingerprint density at radius 3 is 2.57 bits per heavy atom. The molecule has 186 valence electrons. The van der Waals surface area contributed by atoms with E-state index >= 15 is 0 Å². The second-order valence-corrected chi connectivity index (χ2v) is 9.78. The summed E-state index contributed by atoms with van der Waals surface area (Å²) in [7, 11) is 3.26. The molecule has 3 aromatic rings. The third kappa shape index (κ3) is 5.64. The zero-order valence-corrected chi connectivity index (χ0v) is 21.8. The summed E-state index contributed by atoms with van der Waals surface area (Å²) in [5.41, 5.74) is 4.05. The standard InChI is InChI=1S/C27H34N4O3S/c1-5-19-11-9-10-18(2)25(19)28-24(32)17-35-27-30-29-26(31(27)21-12-7-6-8-13-21)20-14-15-22(33-3)23(16-20)34-4/h9-11,14-16,21H,5-8,12-13,17H2,1-4H3,(H,28,32). The molecule has 0 aliphatic heterocycles. The van der Waals surface area contributed by atoms with Crippen molar-refractivity contribution in [1.82, 2.24) is 14.8 Å². The van der Waals surface area contributed by atoms with Gasteiger partial charge in [-0.15, -0.1) is 10.2 Å². The van der Waals surface area contributed by atoms with Crippen LogP contribution in [-0.4, -0.2) is 40.6 Å². The molecule has 0 saturated heterocycles. The van der Waals surface area contributed by atoms with Gasteiger partial charge in [0.05, 0.1) is 20.0 Å². The summed E-state index contributed by atoms with van der Waals surface area (Å²) in [6.07, 6.45) is 6.67. The Morgan fingerprint density at radius 2 is 1.86 bits per heavy atom. The Labute approximate surface area is 211 Å². The van der Waals surface area contributed by atoms with Crippen LogP contribution in [0.5, 0.6) is 11.5 Å². The number of para-hydroxylation sites is 1. The molecule has 1 aliphatic rings. The number of benzene rings is 2. The monoisotopic (exact) mass is 494 g/mol. The highest BCUT2D eigenvalue weighted by Gasteiger charge is 2.25. The maximum Gasteiger partial charge on any atom is 0.234 e. The Hall–Kier alpha value is -3.00. The molecule has 1 aromatic heterocycles. The molecule has 1 heterocycles. The van der Waals surface area contributed by atoms with E-state index in [0.717, 1.165) is 52.6 Å². The molecule has 2 aromatic carbocycles. The van der Waals surface area contributed by atoms with Crippen LogP contribution in [0.15, 0.2) is 41.6 Å². The second kappa shape index (κ2) is 11.6. The van der Waals surface area contributed by atoms with Crippen molar-refractivity contribution in [3.8, 4) is 22.9 Å². The van der Waals surface area contributed by atoms with E-state index in [-0.39, 0.29) is 11.7 Å². The lowest BCUT2D eigenvalue weighted by atomic mass is 9.95. The number of nitrogens with zero attached hydrogens (tertiary/aromatic N) is 3. The van der Waals surface area contributed by atoms with Gasteiger partial charge in [-0.25, -0.2) is 0 Å². The Bertz CT molecular complexity index is 1170. The Morgan fingerprint density at radius 1 is 1.09 bits per heavy atom. The predicted octanol–water partition coefficient (Wildman–Crippen LogP) is 6.07. The SMILES string of the molecule is CCc1cccc(C)c1NC(=O)CSc1nnc(-c2ccc(OC)c(OC)c2)n1C1CCCCC1. The highest BCUT2D eigenvalue weighted by Crippen LogP contribution is 2.38. The van der Waals surface area contributed by atoms with Gasteiger partial charge in [-0.05, 0) is 55.5 Å². The molecule has 0 atom stereocenters. The number of aromatic nitrogens is 3. The normalized spacial score (nSPS) is 14.1. The van der Waals surface area contributed by atoms with Crippen LogP contribution in [0.25, 0.3) is 11.4 Å². The summed E-state index contributed by atoms with van der Waals surface area (Å²) >= 11 is 1.44. The van der Waals surface area contributed by atoms with Crippen molar-refractivity contribution >= 4 is 23.4 Å². The van der Waals surface area contributed by atoms with Gasteiger partial charge in [-0.3, -0.25) is 9.36 Å². The lowest BCUT2D eigenvalue weighted by Crippen LogP contribution is -2.18. The molecule has 1 N–H and O–H groups in total. The summed E-state index contributed by atoms with van der Waals surface area (Å²) in [4.78, 5) is 12.9. The van der Waals surface area contributed by atoms with Crippen molar-refractivity contribution in [2.24, 2.45) is 0 Å². The first kappa shape index (κ1) is 25.1. The summed E-state index contributed by atoms with van der Waals surface area (Å²) in [5.74, 6) is 2.36. The van der Waals surface area contributed by atoms with Crippen LogP contribution in [0.1, 0.15) is 56.2 Å². The number of ether oxygens (including phenoxy) is 2. The number of carbonyl (C=O) groups is 1. The number of aryl methyl sites for hydroxylation is 2. The molecular weight excluding hydrogens is 460 g/mol. The van der Waals surface area contributed by atoms with Crippen LogP contribution in [0.3, 0.4) is 0 Å². The zero-order chi connectivity index (χ0) is 24.8. The summed E-state index contributed by atoms with van der Waals surface area (Å²) in [6, 6.07) is 12.2. The average molecular weight is 495 g/mol. The van der Waals surface area contributed by atoms with Gasteiger partial charge in [0.25, 0.3) is 0 Å². The van der Waals surface area contributed by atoms with Crippen LogP contribution in [0, 0.1) is 6.92 Å². The van der Waals surface area contributed by atoms with Crippen molar-refractivity contribution in [1.29, 1.82) is 0 Å². The number of carbonyl (C=O) groups excluding carboxylic acids is 1. The molecule has 1 saturated carbocycles. The molecule has 1 fully saturated rings. The fraction of sp³-hybridized carbons (Fsp3) is 0.444. The third-order valence-corrected chi connectivity index (χ3v) is 7.53. The summed E-state index contributed by atoms with van der Waals surface area (Å²) < 4.78 is 13.1. The Balaban J connectivity index is 1.59. The number of thioether (sulfide) groups is 1. The first-order valence-electron chi connectivity index (χ1n) is 12.2. The molecule has 35 heavy (non-hydrogen) atoms. The van der Waals surface area contributed by atoms with E-state index < -0.39 is 0 Å². The third-order valence-electron chi connectivity index (χ3n) is 6.58. The number of hydrogen-bond donors (Lipinski definition) is 1. The lowest BCUT2D eigenvalue weighted by molar-refractivity contribution is -0.113. The predicted molar refractivity (Wildman–Crippen MR) is 141 cm³/mol. The van der Waals surface area contributed by atoms with E-state index in [1.165, 1.54) is 31.0 Å². The van der Waals surface area contributed by atoms with E-state index in [9.17, 15) is 4.79 Å². The molecule has 1 amide bonds. The van der Waals surface area contributed by atoms with Crippen molar-refractivity contribution < 1.29 is 14.3 Å². The molecule has 0 spiro atoms. The summed E-state index contributed by atoms with van der Waals surface area (Å²) in [6.45, 7) is 4.12. The number of rotatable bonds is 9. The average Bonchev–Trinajstić information content (AvgIpc) is 3.32. The zero-order valence-electron chi connectivity index (χ0n) is 21.0. The number of anilines is 1. The fourth-order valence-corrected chi connectivity index (χ4v) is 5.53. The fourth-order valence-electron chi connectivity index (χ4n) is 4.72. The van der Waals surface area contributed by atoms with Crippen molar-refractivity contribution in [2.45, 2.75) is 63.6 Å². The van der Waals surface area contributed by atoms with Crippen molar-refractivity contribution in [3.63, 3.8) is 0 Å². The number of nitrogens with one attached hydrogen (secondary N) is 1. The lowest BCUT2D eigenvalue weighted by Gasteiger charge is -2.25. The minimum absolute atomic E-state index is 0.0372. The molecule has 4 rings (SSSR count). The van der Waals surface area contributed by atoms with Gasteiger partial charge >= 0.3 is 0 Å². The van der Waals surface area contributed by atoms with Gasteiger partial charge in [-0.1, -0.05) is 56.1 Å². The van der Waals surface area contributed by atoms with E-state index in [1.807, 2.05) is 37.3 Å². The second-order valence-electron chi connectivity index (χ2n) is 8.84. The van der Waals surface area contributed by atoms with Crippen LogP contribution in [0.2, 0.25) is 0 Å². The van der Waals surface area contributed by atoms with Gasteiger partial charge < -0.3 is 14.8 Å².